The SMILES string of the molecule is O=C1COC(C2CCCCS2(=O)=O)CN1. The van der Waals surface area contributed by atoms with Gasteiger partial charge < -0.3 is 10.1 Å². The Bertz CT molecular complexity index is 341. The summed E-state index contributed by atoms with van der Waals surface area (Å²) >= 11 is 0. The fourth-order valence-corrected chi connectivity index (χ4v) is 4.22. The molecule has 15 heavy (non-hydrogen) atoms. The molecule has 2 unspecified atom stereocenters. The summed E-state index contributed by atoms with van der Waals surface area (Å²) in [5.74, 6) is 0.0883. The van der Waals surface area contributed by atoms with Gasteiger partial charge in [0.2, 0.25) is 5.91 Å². The van der Waals surface area contributed by atoms with Gasteiger partial charge in [0.05, 0.1) is 17.1 Å². The number of carbonyl (C=O) groups excluding carboxylic acids is 1. The molecule has 2 heterocycles. The number of hydrogen-bond acceptors (Lipinski definition) is 4. The number of amides is 1. The van der Waals surface area contributed by atoms with Gasteiger partial charge in [-0.1, -0.05) is 6.42 Å². The molecule has 2 aliphatic heterocycles. The number of rotatable bonds is 1. The molecule has 0 aromatic rings. The Morgan fingerprint density at radius 3 is 2.73 bits per heavy atom. The highest BCUT2D eigenvalue weighted by atomic mass is 32.2. The molecule has 2 saturated heterocycles. The lowest BCUT2D eigenvalue weighted by Gasteiger charge is -2.32. The van der Waals surface area contributed by atoms with Crippen molar-refractivity contribution in [2.24, 2.45) is 0 Å². The molecule has 0 spiro atoms. The van der Waals surface area contributed by atoms with E-state index in [0.29, 0.717) is 13.0 Å². The first-order chi connectivity index (χ1) is 7.09. The van der Waals surface area contributed by atoms with E-state index in [1.807, 2.05) is 0 Å². The van der Waals surface area contributed by atoms with E-state index in [0.717, 1.165) is 12.8 Å². The average Bonchev–Trinajstić information content (AvgIpc) is 2.19. The molecule has 2 rings (SSSR count). The smallest absolute Gasteiger partial charge is 0.246 e. The lowest BCUT2D eigenvalue weighted by atomic mass is 10.1. The van der Waals surface area contributed by atoms with Crippen molar-refractivity contribution in [1.82, 2.24) is 5.32 Å². The summed E-state index contributed by atoms with van der Waals surface area (Å²) < 4.78 is 28.8. The Kier molecular flexibility index (Phi) is 2.97. The summed E-state index contributed by atoms with van der Waals surface area (Å²) in [6, 6.07) is 0. The summed E-state index contributed by atoms with van der Waals surface area (Å²) in [5.41, 5.74) is 0. The Morgan fingerprint density at radius 2 is 2.13 bits per heavy atom. The summed E-state index contributed by atoms with van der Waals surface area (Å²) in [6.07, 6.45) is 1.98. The fraction of sp³-hybridized carbons (Fsp3) is 0.889. The maximum Gasteiger partial charge on any atom is 0.246 e. The summed E-state index contributed by atoms with van der Waals surface area (Å²) in [6.45, 7) is 0.305. The minimum Gasteiger partial charge on any atom is -0.365 e. The monoisotopic (exact) mass is 233 g/mol. The fourth-order valence-electron chi connectivity index (χ4n) is 2.14. The zero-order valence-electron chi connectivity index (χ0n) is 8.44. The van der Waals surface area contributed by atoms with Crippen molar-refractivity contribution in [3.8, 4) is 0 Å². The van der Waals surface area contributed by atoms with Crippen LogP contribution in [0.15, 0.2) is 0 Å². The van der Waals surface area contributed by atoms with Gasteiger partial charge in [-0.15, -0.1) is 0 Å². The van der Waals surface area contributed by atoms with E-state index in [1.165, 1.54) is 0 Å². The molecule has 0 aliphatic carbocycles. The van der Waals surface area contributed by atoms with E-state index in [-0.39, 0.29) is 24.4 Å². The summed E-state index contributed by atoms with van der Waals surface area (Å²) in [7, 11) is -3.02. The van der Waals surface area contributed by atoms with E-state index in [9.17, 15) is 13.2 Å². The van der Waals surface area contributed by atoms with Crippen LogP contribution in [0.2, 0.25) is 0 Å². The van der Waals surface area contributed by atoms with Crippen molar-refractivity contribution in [2.75, 3.05) is 18.9 Å². The van der Waals surface area contributed by atoms with Crippen LogP contribution in [0.1, 0.15) is 19.3 Å². The first kappa shape index (κ1) is 10.9. The molecule has 0 bridgehead atoms. The minimum absolute atomic E-state index is 0.0172. The van der Waals surface area contributed by atoms with E-state index < -0.39 is 15.1 Å². The second kappa shape index (κ2) is 4.09. The first-order valence-electron chi connectivity index (χ1n) is 5.19. The third kappa shape index (κ3) is 2.31. The van der Waals surface area contributed by atoms with Crippen molar-refractivity contribution < 1.29 is 17.9 Å². The largest absolute Gasteiger partial charge is 0.365 e. The van der Waals surface area contributed by atoms with Gasteiger partial charge >= 0.3 is 0 Å². The number of ether oxygens (including phenoxy) is 1. The summed E-state index contributed by atoms with van der Waals surface area (Å²) in [4.78, 5) is 10.9. The molecule has 0 radical (unpaired) electrons. The van der Waals surface area contributed by atoms with Gasteiger partial charge in [-0.3, -0.25) is 4.79 Å². The second-order valence-corrected chi connectivity index (χ2v) is 6.39. The molecule has 0 saturated carbocycles. The third-order valence-corrected chi connectivity index (χ3v) is 5.29. The van der Waals surface area contributed by atoms with E-state index in [1.54, 1.807) is 0 Å². The Hall–Kier alpha value is -0.620. The van der Waals surface area contributed by atoms with Gasteiger partial charge in [0.15, 0.2) is 9.84 Å². The third-order valence-electron chi connectivity index (χ3n) is 2.97. The maximum atomic E-state index is 11.8. The van der Waals surface area contributed by atoms with Crippen LogP contribution in [0.25, 0.3) is 0 Å². The van der Waals surface area contributed by atoms with E-state index in [2.05, 4.69) is 5.32 Å². The quantitative estimate of drug-likeness (QED) is 0.660. The van der Waals surface area contributed by atoms with Crippen LogP contribution in [0.5, 0.6) is 0 Å². The Balaban J connectivity index is 2.06. The van der Waals surface area contributed by atoms with Gasteiger partial charge in [0.1, 0.15) is 6.61 Å². The maximum absolute atomic E-state index is 11.8. The highest BCUT2D eigenvalue weighted by molar-refractivity contribution is 7.92. The molecule has 2 aliphatic rings. The minimum atomic E-state index is -3.02. The van der Waals surface area contributed by atoms with Gasteiger partial charge in [-0.25, -0.2) is 8.42 Å². The van der Waals surface area contributed by atoms with Crippen molar-refractivity contribution >= 4 is 15.7 Å². The number of sulfone groups is 1. The molecule has 0 aromatic carbocycles. The zero-order valence-corrected chi connectivity index (χ0v) is 9.26. The first-order valence-corrected chi connectivity index (χ1v) is 6.91. The Labute approximate surface area is 89.1 Å². The van der Waals surface area contributed by atoms with Crippen molar-refractivity contribution in [2.45, 2.75) is 30.6 Å². The number of morpholine rings is 1. The summed E-state index contributed by atoms with van der Waals surface area (Å²) in [5, 5.41) is 2.21. The number of hydrogen-bond donors (Lipinski definition) is 1. The molecule has 86 valence electrons. The van der Waals surface area contributed by atoms with Crippen molar-refractivity contribution in [3.05, 3.63) is 0 Å². The standard InChI is InChI=1S/C9H15NO4S/c11-9-6-14-7(5-10-9)8-3-1-2-4-15(8,12)13/h7-8H,1-6H2,(H,10,11). The van der Waals surface area contributed by atoms with Crippen LogP contribution in [0.3, 0.4) is 0 Å². The predicted octanol–water partition coefficient (Wildman–Crippen LogP) is -0.531. The molecule has 0 aromatic heterocycles. The number of carbonyl (C=O) groups is 1. The lowest BCUT2D eigenvalue weighted by molar-refractivity contribution is -0.133. The molecule has 2 fully saturated rings. The molecular formula is C9H15NO4S. The zero-order chi connectivity index (χ0) is 10.9. The lowest BCUT2D eigenvalue weighted by Crippen LogP contribution is -2.51. The van der Waals surface area contributed by atoms with Gasteiger partial charge in [-0.2, -0.15) is 0 Å². The van der Waals surface area contributed by atoms with Gasteiger partial charge in [0.25, 0.3) is 0 Å². The normalized spacial score (nSPS) is 35.9. The molecule has 2 atom stereocenters. The van der Waals surface area contributed by atoms with Crippen LogP contribution in [-0.4, -0.2) is 44.6 Å². The van der Waals surface area contributed by atoms with Crippen molar-refractivity contribution in [3.63, 3.8) is 0 Å². The van der Waals surface area contributed by atoms with Crippen LogP contribution < -0.4 is 5.32 Å². The van der Waals surface area contributed by atoms with Crippen LogP contribution in [0.4, 0.5) is 0 Å². The average molecular weight is 233 g/mol. The van der Waals surface area contributed by atoms with Crippen LogP contribution in [0, 0.1) is 0 Å². The van der Waals surface area contributed by atoms with E-state index in [4.69, 9.17) is 4.74 Å². The highest BCUT2D eigenvalue weighted by Gasteiger charge is 2.37. The van der Waals surface area contributed by atoms with Gasteiger partial charge in [0, 0.05) is 6.54 Å². The Morgan fingerprint density at radius 1 is 1.33 bits per heavy atom. The second-order valence-electron chi connectivity index (χ2n) is 4.05. The topological polar surface area (TPSA) is 72.5 Å². The molecule has 1 N–H and O–H groups in total. The molecule has 6 heteroatoms. The van der Waals surface area contributed by atoms with Gasteiger partial charge in [-0.05, 0) is 12.8 Å². The molecular weight excluding hydrogens is 218 g/mol. The number of nitrogens with one attached hydrogen (secondary N) is 1. The van der Waals surface area contributed by atoms with Crippen LogP contribution >= 0.6 is 0 Å². The predicted molar refractivity (Wildman–Crippen MR) is 54.2 cm³/mol. The van der Waals surface area contributed by atoms with Crippen molar-refractivity contribution in [1.29, 1.82) is 0 Å². The molecule has 1 amide bonds. The van der Waals surface area contributed by atoms with E-state index >= 15 is 0 Å². The highest BCUT2D eigenvalue weighted by Crippen LogP contribution is 2.24. The molecule has 5 nitrogen and oxygen atoms in total. The van der Waals surface area contributed by atoms with Crippen LogP contribution in [-0.2, 0) is 19.4 Å².